The van der Waals surface area contributed by atoms with Crippen molar-refractivity contribution in [2.24, 2.45) is 0 Å². The van der Waals surface area contributed by atoms with Crippen LogP contribution in [0.2, 0.25) is 0 Å². The molecule has 8 nitrogen and oxygen atoms in total. The number of halogens is 7. The first-order valence-corrected chi connectivity index (χ1v) is 16.6. The van der Waals surface area contributed by atoms with Crippen LogP contribution in [0.4, 0.5) is 37.7 Å². The fourth-order valence-corrected chi connectivity index (χ4v) is 7.85. The van der Waals surface area contributed by atoms with Crippen LogP contribution in [0.5, 0.6) is 11.5 Å². The Labute approximate surface area is 307 Å². The number of carbonyl (C=O) groups excluding carboxylic acids is 4. The second kappa shape index (κ2) is 11.6. The number of imide groups is 2. The van der Waals surface area contributed by atoms with Crippen molar-refractivity contribution in [3.05, 3.63) is 141 Å². The fraction of sp³-hybridized carbons (Fsp3) is 0.0769. The quantitative estimate of drug-likeness (QED) is 0.136. The number of benzene rings is 6. The molecule has 6 aromatic rings. The van der Waals surface area contributed by atoms with E-state index in [4.69, 9.17) is 0 Å². The minimum Gasteiger partial charge on any atom is -0.506 e. The predicted octanol–water partition coefficient (Wildman–Crippen LogP) is 9.18. The third-order valence-corrected chi connectivity index (χ3v) is 10.5. The van der Waals surface area contributed by atoms with Gasteiger partial charge in [-0.05, 0) is 76.5 Å². The number of phenolic OH excluding ortho intramolecular Hbond substituents is 2. The van der Waals surface area contributed by atoms with E-state index in [1.54, 1.807) is 18.2 Å². The van der Waals surface area contributed by atoms with Crippen molar-refractivity contribution in [1.82, 2.24) is 0 Å². The number of aromatic hydroxyl groups is 2. The highest BCUT2D eigenvalue weighted by molar-refractivity contribution is 9.10. The number of nitrogens with zero attached hydrogens (tertiary/aromatic N) is 2. The average Bonchev–Trinajstić information content (AvgIpc) is 3.11. The molecule has 0 fully saturated rings. The summed E-state index contributed by atoms with van der Waals surface area (Å²) in [6.07, 6.45) is -12.5. The van der Waals surface area contributed by atoms with Gasteiger partial charge in [-0.15, -0.1) is 0 Å². The minimum atomic E-state index is -6.25. The Kier molecular flexibility index (Phi) is 7.51. The standard InChI is InChI=1S/C39H19BrF6N2O6/c40-26-13-12-25-32-21(26)6-3-9-24(32)35(53)48(36(25)54)28-17-20(11-15-30(28)50)37(38(41,42)43,39(44,45)46)19-10-14-29(49)27(16-19)47-33(51)22-7-1-4-18-5-2-8-23(31(18)22)34(47)52/h1-17,49-50H. The van der Waals surface area contributed by atoms with Crippen LogP contribution >= 0.6 is 15.9 Å². The van der Waals surface area contributed by atoms with Crippen molar-refractivity contribution in [3.63, 3.8) is 0 Å². The first-order chi connectivity index (χ1) is 25.5. The lowest BCUT2D eigenvalue weighted by Crippen LogP contribution is -2.55. The molecule has 0 bridgehead atoms. The maximum absolute atomic E-state index is 15.5. The number of anilines is 2. The molecule has 54 heavy (non-hydrogen) atoms. The molecular weight excluding hydrogens is 786 g/mol. The Balaban J connectivity index is 1.33. The SMILES string of the molecule is O=C1c2cccc3cccc(c23)C(=O)N1c1cc(C(c2ccc(O)c(N3C(=O)c4cccc5c(Br)ccc(c45)C3=O)c2)(C(F)(F)F)C(F)(F)F)ccc1O. The Morgan fingerprint density at radius 3 is 1.35 bits per heavy atom. The summed E-state index contributed by atoms with van der Waals surface area (Å²) in [7, 11) is 0. The predicted molar refractivity (Wildman–Crippen MR) is 187 cm³/mol. The summed E-state index contributed by atoms with van der Waals surface area (Å²) in [5.41, 5.74) is -10.5. The van der Waals surface area contributed by atoms with Crippen LogP contribution in [0.15, 0.2) is 108 Å². The molecule has 2 aliphatic heterocycles. The third kappa shape index (κ3) is 4.63. The zero-order valence-electron chi connectivity index (χ0n) is 26.9. The van der Waals surface area contributed by atoms with Gasteiger partial charge in [0.2, 0.25) is 5.41 Å². The van der Waals surface area contributed by atoms with Gasteiger partial charge in [0.15, 0.2) is 0 Å². The number of alkyl halides is 6. The minimum absolute atomic E-state index is 0.0888. The zero-order valence-corrected chi connectivity index (χ0v) is 28.5. The number of carbonyl (C=O) groups is 4. The molecule has 4 amide bonds. The molecule has 270 valence electrons. The number of amides is 4. The molecule has 8 rings (SSSR count). The van der Waals surface area contributed by atoms with E-state index in [0.29, 0.717) is 49.3 Å². The fourth-order valence-electron chi connectivity index (χ4n) is 7.38. The van der Waals surface area contributed by atoms with Crippen LogP contribution in [0.3, 0.4) is 0 Å². The largest absolute Gasteiger partial charge is 0.506 e. The molecular formula is C39H19BrF6N2O6. The van der Waals surface area contributed by atoms with Crippen molar-refractivity contribution in [2.45, 2.75) is 17.8 Å². The topological polar surface area (TPSA) is 115 Å². The summed E-state index contributed by atoms with van der Waals surface area (Å²) in [5, 5.41) is 23.0. The number of hydrogen-bond donors (Lipinski definition) is 2. The Morgan fingerprint density at radius 2 is 0.907 bits per heavy atom. The monoisotopic (exact) mass is 804 g/mol. The smallest absolute Gasteiger partial charge is 0.411 e. The number of rotatable bonds is 4. The van der Waals surface area contributed by atoms with E-state index in [-0.39, 0.29) is 45.2 Å². The molecule has 0 atom stereocenters. The van der Waals surface area contributed by atoms with Crippen LogP contribution < -0.4 is 9.80 Å². The van der Waals surface area contributed by atoms with Crippen molar-refractivity contribution in [2.75, 3.05) is 9.80 Å². The Bertz CT molecular complexity index is 2610. The van der Waals surface area contributed by atoms with Crippen LogP contribution in [0.25, 0.3) is 21.5 Å². The van der Waals surface area contributed by atoms with Gasteiger partial charge in [-0.3, -0.25) is 19.2 Å². The normalized spacial score (nSPS) is 14.8. The molecule has 0 aliphatic carbocycles. The van der Waals surface area contributed by atoms with Crippen LogP contribution in [-0.4, -0.2) is 46.2 Å². The summed E-state index contributed by atoms with van der Waals surface area (Å²) in [6, 6.07) is 18.1. The zero-order chi connectivity index (χ0) is 38.6. The van der Waals surface area contributed by atoms with Crippen molar-refractivity contribution < 1.29 is 55.7 Å². The van der Waals surface area contributed by atoms with E-state index in [1.165, 1.54) is 48.5 Å². The van der Waals surface area contributed by atoms with Crippen molar-refractivity contribution in [1.29, 1.82) is 0 Å². The van der Waals surface area contributed by atoms with Crippen LogP contribution in [0, 0.1) is 0 Å². The molecule has 0 spiro atoms. The highest BCUT2D eigenvalue weighted by atomic mass is 79.9. The number of hydrogen-bond acceptors (Lipinski definition) is 6. The van der Waals surface area contributed by atoms with Crippen LogP contribution in [0.1, 0.15) is 52.6 Å². The molecule has 0 saturated heterocycles. The maximum Gasteiger partial charge on any atom is 0.411 e. The molecule has 0 saturated carbocycles. The van der Waals surface area contributed by atoms with E-state index in [2.05, 4.69) is 15.9 Å². The molecule has 0 aromatic heterocycles. The summed E-state index contributed by atoms with van der Waals surface area (Å²) in [6.45, 7) is 0. The highest BCUT2D eigenvalue weighted by Crippen LogP contribution is 2.58. The highest BCUT2D eigenvalue weighted by Gasteiger charge is 2.73. The molecule has 2 aliphatic rings. The summed E-state index contributed by atoms with van der Waals surface area (Å²) < 4.78 is 93.4. The summed E-state index contributed by atoms with van der Waals surface area (Å²) in [4.78, 5) is 55.7. The second-order valence-corrected chi connectivity index (χ2v) is 13.4. The van der Waals surface area contributed by atoms with E-state index < -0.39 is 75.4 Å². The van der Waals surface area contributed by atoms with Gasteiger partial charge in [-0.25, -0.2) is 9.80 Å². The summed E-state index contributed by atoms with van der Waals surface area (Å²) >= 11 is 3.33. The van der Waals surface area contributed by atoms with Crippen molar-refractivity contribution in [3.8, 4) is 11.5 Å². The van der Waals surface area contributed by atoms with Gasteiger partial charge < -0.3 is 10.2 Å². The van der Waals surface area contributed by atoms with E-state index in [9.17, 15) is 29.4 Å². The molecule has 15 heteroatoms. The lowest BCUT2D eigenvalue weighted by Gasteiger charge is -2.39. The number of phenols is 2. The lowest BCUT2D eigenvalue weighted by molar-refractivity contribution is -0.288. The summed E-state index contributed by atoms with van der Waals surface area (Å²) in [5.74, 6) is -6.46. The van der Waals surface area contributed by atoms with E-state index in [1.807, 2.05) is 0 Å². The van der Waals surface area contributed by atoms with Gasteiger partial charge in [-0.1, -0.05) is 64.5 Å². The van der Waals surface area contributed by atoms with Gasteiger partial charge in [0.05, 0.1) is 11.4 Å². The molecule has 2 heterocycles. The van der Waals surface area contributed by atoms with Gasteiger partial charge in [-0.2, -0.15) is 26.3 Å². The Hall–Kier alpha value is -6.22. The maximum atomic E-state index is 15.5. The van der Waals surface area contributed by atoms with Gasteiger partial charge >= 0.3 is 12.4 Å². The molecule has 0 unspecified atom stereocenters. The van der Waals surface area contributed by atoms with Gasteiger partial charge in [0.1, 0.15) is 11.5 Å². The first-order valence-electron chi connectivity index (χ1n) is 15.8. The van der Waals surface area contributed by atoms with E-state index >= 15 is 26.3 Å². The van der Waals surface area contributed by atoms with Crippen LogP contribution in [-0.2, 0) is 5.41 Å². The third-order valence-electron chi connectivity index (χ3n) is 9.78. The first kappa shape index (κ1) is 34.8. The van der Waals surface area contributed by atoms with Crippen molar-refractivity contribution >= 4 is 72.5 Å². The lowest BCUT2D eigenvalue weighted by atomic mass is 9.72. The molecule has 6 aromatic carbocycles. The molecule has 2 N–H and O–H groups in total. The second-order valence-electron chi connectivity index (χ2n) is 12.6. The van der Waals surface area contributed by atoms with Gasteiger partial charge in [0.25, 0.3) is 23.6 Å². The average molecular weight is 805 g/mol. The Morgan fingerprint density at radius 1 is 0.500 bits per heavy atom. The molecule has 0 radical (unpaired) electrons. The van der Waals surface area contributed by atoms with Gasteiger partial charge in [0, 0.05) is 37.5 Å². The van der Waals surface area contributed by atoms with E-state index in [0.717, 1.165) is 0 Å².